The van der Waals surface area contributed by atoms with Crippen molar-refractivity contribution >= 4 is 0 Å². The maximum absolute atomic E-state index is 14.2. The van der Waals surface area contributed by atoms with Crippen molar-refractivity contribution in [2.45, 2.75) is 19.9 Å². The molecule has 0 saturated carbocycles. The topological polar surface area (TPSA) is 56.7 Å². The summed E-state index contributed by atoms with van der Waals surface area (Å²) in [5, 5.41) is 8.33. The summed E-state index contributed by atoms with van der Waals surface area (Å²) in [6, 6.07) is 14.5. The first-order chi connectivity index (χ1) is 10.8. The SMILES string of the molecule is CCc1ccccc1-n1nnc(CN)c1-c1ccccc1F. The first-order valence-corrected chi connectivity index (χ1v) is 7.24. The summed E-state index contributed by atoms with van der Waals surface area (Å²) in [5.74, 6) is -0.310. The molecule has 3 aromatic rings. The fourth-order valence-corrected chi connectivity index (χ4v) is 2.56. The van der Waals surface area contributed by atoms with Crippen LogP contribution in [0.3, 0.4) is 0 Å². The predicted molar refractivity (Wildman–Crippen MR) is 84.0 cm³/mol. The van der Waals surface area contributed by atoms with E-state index in [-0.39, 0.29) is 12.4 Å². The van der Waals surface area contributed by atoms with Gasteiger partial charge in [-0.15, -0.1) is 5.10 Å². The van der Waals surface area contributed by atoms with E-state index >= 15 is 0 Å². The number of halogens is 1. The molecule has 2 aromatic carbocycles. The van der Waals surface area contributed by atoms with Crippen LogP contribution in [0.2, 0.25) is 0 Å². The summed E-state index contributed by atoms with van der Waals surface area (Å²) in [6.45, 7) is 2.28. The molecule has 5 heteroatoms. The van der Waals surface area contributed by atoms with Gasteiger partial charge in [-0.1, -0.05) is 42.5 Å². The third-order valence-corrected chi connectivity index (χ3v) is 3.66. The van der Waals surface area contributed by atoms with Crippen LogP contribution in [0, 0.1) is 5.82 Å². The van der Waals surface area contributed by atoms with E-state index in [0.717, 1.165) is 17.7 Å². The number of nitrogens with two attached hydrogens (primary N) is 1. The molecular formula is C17H17FN4. The number of rotatable bonds is 4. The molecule has 4 nitrogen and oxygen atoms in total. The van der Waals surface area contributed by atoms with Crippen LogP contribution in [0.15, 0.2) is 48.5 Å². The summed E-state index contributed by atoms with van der Waals surface area (Å²) in [4.78, 5) is 0. The second-order valence-electron chi connectivity index (χ2n) is 4.96. The molecule has 0 aliphatic heterocycles. The van der Waals surface area contributed by atoms with E-state index in [2.05, 4.69) is 17.2 Å². The van der Waals surface area contributed by atoms with Crippen LogP contribution >= 0.6 is 0 Å². The van der Waals surface area contributed by atoms with Crippen LogP contribution in [0.1, 0.15) is 18.2 Å². The van der Waals surface area contributed by atoms with Gasteiger partial charge < -0.3 is 5.73 Å². The van der Waals surface area contributed by atoms with Crippen LogP contribution in [-0.2, 0) is 13.0 Å². The molecule has 0 unspecified atom stereocenters. The molecule has 22 heavy (non-hydrogen) atoms. The summed E-state index contributed by atoms with van der Waals surface area (Å²) in [6.07, 6.45) is 0.852. The van der Waals surface area contributed by atoms with Gasteiger partial charge in [0.25, 0.3) is 0 Å². The Morgan fingerprint density at radius 2 is 1.82 bits per heavy atom. The van der Waals surface area contributed by atoms with Gasteiger partial charge in [-0.05, 0) is 30.2 Å². The highest BCUT2D eigenvalue weighted by atomic mass is 19.1. The lowest BCUT2D eigenvalue weighted by atomic mass is 10.1. The number of aromatic nitrogens is 3. The maximum atomic E-state index is 14.2. The Morgan fingerprint density at radius 1 is 1.09 bits per heavy atom. The number of aryl methyl sites for hydroxylation is 1. The Bertz CT molecular complexity index is 795. The largest absolute Gasteiger partial charge is 0.325 e. The summed E-state index contributed by atoms with van der Waals surface area (Å²) < 4.78 is 15.9. The average Bonchev–Trinajstić information content (AvgIpc) is 2.98. The molecule has 2 N–H and O–H groups in total. The van der Waals surface area contributed by atoms with E-state index in [1.807, 2.05) is 24.3 Å². The molecule has 1 heterocycles. The first kappa shape index (κ1) is 14.4. The van der Waals surface area contributed by atoms with Crippen molar-refractivity contribution in [3.8, 4) is 16.9 Å². The fraction of sp³-hybridized carbons (Fsp3) is 0.176. The zero-order chi connectivity index (χ0) is 15.5. The monoisotopic (exact) mass is 296 g/mol. The van der Waals surface area contributed by atoms with Crippen LogP contribution in [0.4, 0.5) is 4.39 Å². The molecule has 0 bridgehead atoms. The van der Waals surface area contributed by atoms with E-state index in [9.17, 15) is 4.39 Å². The highest BCUT2D eigenvalue weighted by Gasteiger charge is 2.19. The number of benzene rings is 2. The molecule has 0 fully saturated rings. The van der Waals surface area contributed by atoms with Crippen molar-refractivity contribution in [3.63, 3.8) is 0 Å². The standard InChI is InChI=1S/C17H17FN4/c1-2-12-7-3-6-10-16(12)22-17(15(11-19)20-21-22)13-8-4-5-9-14(13)18/h3-10H,2,11,19H2,1H3. The Kier molecular flexibility index (Phi) is 3.98. The van der Waals surface area contributed by atoms with Gasteiger partial charge in [0.2, 0.25) is 0 Å². The molecule has 0 aliphatic rings. The average molecular weight is 296 g/mol. The molecule has 0 radical (unpaired) electrons. The lowest BCUT2D eigenvalue weighted by molar-refractivity contribution is 0.629. The van der Waals surface area contributed by atoms with Crippen LogP contribution in [0.25, 0.3) is 16.9 Å². The summed E-state index contributed by atoms with van der Waals surface area (Å²) >= 11 is 0. The predicted octanol–water partition coefficient (Wildman–Crippen LogP) is 3.09. The van der Waals surface area contributed by atoms with Crippen molar-refractivity contribution in [2.24, 2.45) is 5.73 Å². The zero-order valence-electron chi connectivity index (χ0n) is 12.3. The quantitative estimate of drug-likeness (QED) is 0.805. The van der Waals surface area contributed by atoms with Gasteiger partial charge in [0.15, 0.2) is 0 Å². The van der Waals surface area contributed by atoms with Gasteiger partial charge in [0.1, 0.15) is 17.2 Å². The minimum atomic E-state index is -0.310. The van der Waals surface area contributed by atoms with E-state index in [1.165, 1.54) is 6.07 Å². The number of hydrogen-bond acceptors (Lipinski definition) is 3. The smallest absolute Gasteiger partial charge is 0.132 e. The van der Waals surface area contributed by atoms with Gasteiger partial charge in [0.05, 0.1) is 5.69 Å². The minimum Gasteiger partial charge on any atom is -0.325 e. The maximum Gasteiger partial charge on any atom is 0.132 e. The summed E-state index contributed by atoms with van der Waals surface area (Å²) in [7, 11) is 0. The molecule has 0 saturated heterocycles. The van der Waals surface area contributed by atoms with Gasteiger partial charge >= 0.3 is 0 Å². The van der Waals surface area contributed by atoms with Gasteiger partial charge in [-0.25, -0.2) is 9.07 Å². The van der Waals surface area contributed by atoms with Crippen LogP contribution in [-0.4, -0.2) is 15.0 Å². The zero-order valence-corrected chi connectivity index (χ0v) is 12.3. The number of hydrogen-bond donors (Lipinski definition) is 1. The molecule has 0 spiro atoms. The Balaban J connectivity index is 2.27. The normalized spacial score (nSPS) is 10.9. The van der Waals surface area contributed by atoms with Crippen molar-refractivity contribution in [1.29, 1.82) is 0 Å². The molecule has 112 valence electrons. The van der Waals surface area contributed by atoms with Gasteiger partial charge in [0, 0.05) is 12.1 Å². The Labute approximate surface area is 128 Å². The second kappa shape index (κ2) is 6.07. The van der Waals surface area contributed by atoms with Crippen molar-refractivity contribution in [2.75, 3.05) is 0 Å². The van der Waals surface area contributed by atoms with E-state index < -0.39 is 0 Å². The molecule has 0 aliphatic carbocycles. The van der Waals surface area contributed by atoms with E-state index in [1.54, 1.807) is 22.9 Å². The summed E-state index contributed by atoms with van der Waals surface area (Å²) in [5.41, 5.74) is 9.43. The Morgan fingerprint density at radius 3 is 2.55 bits per heavy atom. The van der Waals surface area contributed by atoms with Gasteiger partial charge in [-0.2, -0.15) is 0 Å². The highest BCUT2D eigenvalue weighted by Crippen LogP contribution is 2.28. The molecule has 1 aromatic heterocycles. The minimum absolute atomic E-state index is 0.206. The first-order valence-electron chi connectivity index (χ1n) is 7.24. The van der Waals surface area contributed by atoms with E-state index in [0.29, 0.717) is 17.0 Å². The molecule has 3 rings (SSSR count). The molecular weight excluding hydrogens is 279 g/mol. The van der Waals surface area contributed by atoms with Gasteiger partial charge in [-0.3, -0.25) is 0 Å². The Hall–Kier alpha value is -2.53. The number of nitrogens with zero attached hydrogens (tertiary/aromatic N) is 3. The fourth-order valence-electron chi connectivity index (χ4n) is 2.56. The van der Waals surface area contributed by atoms with Crippen molar-refractivity contribution in [1.82, 2.24) is 15.0 Å². The van der Waals surface area contributed by atoms with Crippen molar-refractivity contribution in [3.05, 3.63) is 65.6 Å². The van der Waals surface area contributed by atoms with Crippen molar-refractivity contribution < 1.29 is 4.39 Å². The highest BCUT2D eigenvalue weighted by molar-refractivity contribution is 5.65. The molecule has 0 amide bonds. The van der Waals surface area contributed by atoms with Crippen LogP contribution < -0.4 is 5.73 Å². The third kappa shape index (κ3) is 2.40. The third-order valence-electron chi connectivity index (χ3n) is 3.66. The lowest BCUT2D eigenvalue weighted by Crippen LogP contribution is -2.05. The van der Waals surface area contributed by atoms with E-state index in [4.69, 9.17) is 5.73 Å². The van der Waals surface area contributed by atoms with Crippen LogP contribution in [0.5, 0.6) is 0 Å². The second-order valence-corrected chi connectivity index (χ2v) is 4.96. The molecule has 0 atom stereocenters. The lowest BCUT2D eigenvalue weighted by Gasteiger charge is -2.12. The number of para-hydroxylation sites is 1.